The van der Waals surface area contributed by atoms with Crippen LogP contribution in [-0.2, 0) is 0 Å². The van der Waals surface area contributed by atoms with Crippen molar-refractivity contribution in [3.05, 3.63) is 34.9 Å². The van der Waals surface area contributed by atoms with Crippen LogP contribution in [0.3, 0.4) is 0 Å². The third-order valence-electron chi connectivity index (χ3n) is 4.71. The van der Waals surface area contributed by atoms with E-state index in [1.807, 2.05) is 0 Å². The molecule has 0 bridgehead atoms. The van der Waals surface area contributed by atoms with Crippen LogP contribution in [0.1, 0.15) is 48.9 Å². The van der Waals surface area contributed by atoms with E-state index < -0.39 is 0 Å². The summed E-state index contributed by atoms with van der Waals surface area (Å²) >= 11 is 0. The molecule has 0 aliphatic carbocycles. The Bertz CT molecular complexity index is 409. The van der Waals surface area contributed by atoms with Gasteiger partial charge in [-0.1, -0.05) is 25.1 Å². The number of rotatable bonds is 5. The fraction of sp³-hybridized carbons (Fsp3) is 0.667. The number of hydrogen-bond donors (Lipinski definition) is 1. The molecule has 0 radical (unpaired) electrons. The van der Waals surface area contributed by atoms with Crippen molar-refractivity contribution in [3.63, 3.8) is 0 Å². The lowest BCUT2D eigenvalue weighted by Crippen LogP contribution is -2.42. The first-order valence-corrected chi connectivity index (χ1v) is 8.13. The van der Waals surface area contributed by atoms with Gasteiger partial charge in [-0.2, -0.15) is 0 Å². The lowest BCUT2D eigenvalue weighted by molar-refractivity contribution is 0.0924. The molecule has 0 amide bonds. The van der Waals surface area contributed by atoms with E-state index >= 15 is 0 Å². The first kappa shape index (κ1) is 15.5. The average molecular weight is 274 g/mol. The third-order valence-corrected chi connectivity index (χ3v) is 4.71. The summed E-state index contributed by atoms with van der Waals surface area (Å²) in [5, 5.41) is 3.40. The molecule has 20 heavy (non-hydrogen) atoms. The Labute approximate surface area is 124 Å². The second-order valence-corrected chi connectivity index (χ2v) is 6.28. The fourth-order valence-corrected chi connectivity index (χ4v) is 3.60. The Morgan fingerprint density at radius 1 is 1.25 bits per heavy atom. The monoisotopic (exact) mass is 274 g/mol. The Hall–Kier alpha value is -0.860. The molecule has 1 heterocycles. The van der Waals surface area contributed by atoms with Gasteiger partial charge in [0.15, 0.2) is 0 Å². The van der Waals surface area contributed by atoms with E-state index in [4.69, 9.17) is 0 Å². The van der Waals surface area contributed by atoms with Gasteiger partial charge < -0.3 is 5.32 Å². The normalized spacial score (nSPS) is 24.0. The number of piperidine rings is 1. The van der Waals surface area contributed by atoms with Crippen molar-refractivity contribution in [1.82, 2.24) is 10.2 Å². The van der Waals surface area contributed by atoms with Gasteiger partial charge >= 0.3 is 0 Å². The number of hydrogen-bond acceptors (Lipinski definition) is 2. The SMILES string of the molecule is CCCN1CCCC(CNC)C1c1ccc(C)c(C)c1. The van der Waals surface area contributed by atoms with Gasteiger partial charge in [-0.15, -0.1) is 0 Å². The second kappa shape index (κ2) is 7.24. The molecule has 2 unspecified atom stereocenters. The first-order chi connectivity index (χ1) is 9.67. The van der Waals surface area contributed by atoms with Gasteiger partial charge in [0.1, 0.15) is 0 Å². The highest BCUT2D eigenvalue weighted by molar-refractivity contribution is 5.32. The molecule has 0 aromatic heterocycles. The predicted molar refractivity (Wildman–Crippen MR) is 87.2 cm³/mol. The molecule has 1 aromatic rings. The van der Waals surface area contributed by atoms with Gasteiger partial charge in [-0.05, 0) is 82.4 Å². The number of benzene rings is 1. The van der Waals surface area contributed by atoms with E-state index in [0.29, 0.717) is 6.04 Å². The van der Waals surface area contributed by atoms with Crippen molar-refractivity contribution >= 4 is 0 Å². The molecule has 2 nitrogen and oxygen atoms in total. The maximum absolute atomic E-state index is 3.40. The molecule has 0 saturated carbocycles. The van der Waals surface area contributed by atoms with Crippen LogP contribution in [0.4, 0.5) is 0 Å². The van der Waals surface area contributed by atoms with Crippen molar-refractivity contribution in [1.29, 1.82) is 0 Å². The Morgan fingerprint density at radius 3 is 2.70 bits per heavy atom. The summed E-state index contributed by atoms with van der Waals surface area (Å²) in [7, 11) is 2.08. The first-order valence-electron chi connectivity index (χ1n) is 8.13. The maximum atomic E-state index is 3.40. The Kier molecular flexibility index (Phi) is 5.62. The van der Waals surface area contributed by atoms with Crippen LogP contribution in [0.5, 0.6) is 0 Å². The quantitative estimate of drug-likeness (QED) is 0.881. The van der Waals surface area contributed by atoms with Gasteiger partial charge in [-0.3, -0.25) is 4.90 Å². The highest BCUT2D eigenvalue weighted by Gasteiger charge is 2.31. The van der Waals surface area contributed by atoms with Gasteiger partial charge in [0.2, 0.25) is 0 Å². The lowest BCUT2D eigenvalue weighted by Gasteiger charge is -2.42. The van der Waals surface area contributed by atoms with Gasteiger partial charge in [0.05, 0.1) is 0 Å². The van der Waals surface area contributed by atoms with Gasteiger partial charge in [0, 0.05) is 6.04 Å². The van der Waals surface area contributed by atoms with E-state index in [1.165, 1.54) is 49.0 Å². The zero-order valence-corrected chi connectivity index (χ0v) is 13.6. The second-order valence-electron chi connectivity index (χ2n) is 6.28. The minimum atomic E-state index is 0.593. The molecule has 2 atom stereocenters. The molecule has 0 spiro atoms. The van der Waals surface area contributed by atoms with Crippen molar-refractivity contribution in [2.45, 2.75) is 46.1 Å². The fourth-order valence-electron chi connectivity index (χ4n) is 3.60. The number of aryl methyl sites for hydroxylation is 2. The highest BCUT2D eigenvalue weighted by atomic mass is 15.2. The van der Waals surface area contributed by atoms with E-state index in [9.17, 15) is 0 Å². The molecular formula is C18H30N2. The minimum absolute atomic E-state index is 0.593. The summed E-state index contributed by atoms with van der Waals surface area (Å²) in [5.74, 6) is 0.738. The largest absolute Gasteiger partial charge is 0.319 e. The molecule has 1 aromatic carbocycles. The molecule has 1 N–H and O–H groups in total. The maximum Gasteiger partial charge on any atom is 0.0388 e. The Morgan fingerprint density at radius 2 is 2.05 bits per heavy atom. The lowest BCUT2D eigenvalue weighted by atomic mass is 9.83. The van der Waals surface area contributed by atoms with E-state index in [-0.39, 0.29) is 0 Å². The smallest absolute Gasteiger partial charge is 0.0388 e. The zero-order chi connectivity index (χ0) is 14.5. The van der Waals surface area contributed by atoms with Crippen molar-refractivity contribution in [3.8, 4) is 0 Å². The van der Waals surface area contributed by atoms with Gasteiger partial charge in [-0.25, -0.2) is 0 Å². The van der Waals surface area contributed by atoms with E-state index in [0.717, 1.165) is 12.5 Å². The summed E-state index contributed by atoms with van der Waals surface area (Å²) in [4.78, 5) is 2.70. The average Bonchev–Trinajstić information content (AvgIpc) is 2.43. The van der Waals surface area contributed by atoms with Crippen LogP contribution in [0.2, 0.25) is 0 Å². The highest BCUT2D eigenvalue weighted by Crippen LogP contribution is 2.36. The molecule has 1 fully saturated rings. The summed E-state index contributed by atoms with van der Waals surface area (Å²) in [6.07, 6.45) is 3.93. The summed E-state index contributed by atoms with van der Waals surface area (Å²) in [6, 6.07) is 7.65. The van der Waals surface area contributed by atoms with Crippen LogP contribution in [-0.4, -0.2) is 31.6 Å². The summed E-state index contributed by atoms with van der Waals surface area (Å²) in [5.41, 5.74) is 4.34. The molecule has 2 rings (SSSR count). The van der Waals surface area contributed by atoms with E-state index in [1.54, 1.807) is 0 Å². The van der Waals surface area contributed by atoms with Crippen LogP contribution >= 0.6 is 0 Å². The number of nitrogens with zero attached hydrogens (tertiary/aromatic N) is 1. The van der Waals surface area contributed by atoms with E-state index in [2.05, 4.69) is 56.2 Å². The predicted octanol–water partition coefficient (Wildman–Crippen LogP) is 3.69. The molecule has 1 saturated heterocycles. The molecule has 2 heteroatoms. The summed E-state index contributed by atoms with van der Waals surface area (Å²) < 4.78 is 0. The standard InChI is InChI=1S/C18H30N2/c1-5-10-20-11-6-7-17(13-19-4)18(20)16-9-8-14(2)15(3)12-16/h8-9,12,17-19H,5-7,10-11,13H2,1-4H3. The zero-order valence-electron chi connectivity index (χ0n) is 13.6. The molecule has 1 aliphatic rings. The molecule has 112 valence electrons. The van der Waals surface area contributed by atoms with Crippen LogP contribution in [0, 0.1) is 19.8 Å². The third kappa shape index (κ3) is 3.42. The van der Waals surface area contributed by atoms with Crippen molar-refractivity contribution < 1.29 is 0 Å². The topological polar surface area (TPSA) is 15.3 Å². The molecule has 1 aliphatic heterocycles. The van der Waals surface area contributed by atoms with Crippen molar-refractivity contribution in [2.75, 3.05) is 26.7 Å². The molecular weight excluding hydrogens is 244 g/mol. The van der Waals surface area contributed by atoms with Gasteiger partial charge in [0.25, 0.3) is 0 Å². The van der Waals surface area contributed by atoms with Crippen LogP contribution in [0.25, 0.3) is 0 Å². The Balaban J connectivity index is 2.29. The van der Waals surface area contributed by atoms with Crippen molar-refractivity contribution in [2.24, 2.45) is 5.92 Å². The number of nitrogens with one attached hydrogen (secondary N) is 1. The van der Waals surface area contributed by atoms with Crippen LogP contribution < -0.4 is 5.32 Å². The van der Waals surface area contributed by atoms with Crippen LogP contribution in [0.15, 0.2) is 18.2 Å². The summed E-state index contributed by atoms with van der Waals surface area (Å²) in [6.45, 7) is 10.3. The number of likely N-dealkylation sites (tertiary alicyclic amines) is 1. The minimum Gasteiger partial charge on any atom is -0.319 e.